The van der Waals surface area contributed by atoms with Gasteiger partial charge in [0, 0.05) is 18.3 Å². The molecular weight excluding hydrogens is 228 g/mol. The van der Waals surface area contributed by atoms with Crippen molar-refractivity contribution in [2.45, 2.75) is 12.5 Å². The number of carbonyl (C=O) groups is 1. The highest BCUT2D eigenvalue weighted by Crippen LogP contribution is 2.33. The smallest absolute Gasteiger partial charge is 0.316 e. The van der Waals surface area contributed by atoms with E-state index in [0.717, 1.165) is 25.2 Å². The lowest BCUT2D eigenvalue weighted by Gasteiger charge is -2.19. The summed E-state index contributed by atoms with van der Waals surface area (Å²) in [7, 11) is 2.12. The van der Waals surface area contributed by atoms with Crippen molar-refractivity contribution in [3.05, 3.63) is 29.8 Å². The molecule has 1 fully saturated rings. The Balaban J connectivity index is 2.07. The fourth-order valence-electron chi connectivity index (χ4n) is 2.60. The third-order valence-electron chi connectivity index (χ3n) is 3.53. The van der Waals surface area contributed by atoms with E-state index in [1.165, 1.54) is 5.56 Å². The number of benzene rings is 1. The topological polar surface area (TPSA) is 84.4 Å². The Bertz CT molecular complexity index is 418. The molecule has 1 heterocycles. The number of primary amides is 1. The van der Waals surface area contributed by atoms with Gasteiger partial charge in [-0.3, -0.25) is 4.90 Å². The molecule has 5 nitrogen and oxygen atoms in total. The Morgan fingerprint density at radius 1 is 1.44 bits per heavy atom. The molecule has 1 aromatic rings. The summed E-state index contributed by atoms with van der Waals surface area (Å²) in [6.45, 7) is 1.78. The molecule has 0 radical (unpaired) electrons. The van der Waals surface area contributed by atoms with Crippen LogP contribution >= 0.6 is 0 Å². The Morgan fingerprint density at radius 2 is 2.11 bits per heavy atom. The van der Waals surface area contributed by atoms with Crippen LogP contribution in [0.4, 0.5) is 10.5 Å². The highest BCUT2D eigenvalue weighted by molar-refractivity contribution is 5.87. The van der Waals surface area contributed by atoms with Crippen LogP contribution in [0, 0.1) is 5.92 Å². The van der Waals surface area contributed by atoms with E-state index >= 15 is 0 Å². The van der Waals surface area contributed by atoms with Gasteiger partial charge in [-0.25, -0.2) is 4.79 Å². The van der Waals surface area contributed by atoms with E-state index in [2.05, 4.69) is 17.3 Å². The van der Waals surface area contributed by atoms with Gasteiger partial charge in [0.25, 0.3) is 0 Å². The predicted octanol–water partition coefficient (Wildman–Crippen LogP) is 1.13. The van der Waals surface area contributed by atoms with E-state index in [4.69, 9.17) is 11.5 Å². The minimum Gasteiger partial charge on any atom is -0.351 e. The van der Waals surface area contributed by atoms with Gasteiger partial charge in [-0.2, -0.15) is 0 Å². The van der Waals surface area contributed by atoms with E-state index in [0.29, 0.717) is 12.0 Å². The van der Waals surface area contributed by atoms with E-state index in [1.807, 2.05) is 24.3 Å². The first-order chi connectivity index (χ1) is 8.60. The van der Waals surface area contributed by atoms with Gasteiger partial charge < -0.3 is 16.8 Å². The largest absolute Gasteiger partial charge is 0.351 e. The molecule has 1 saturated heterocycles. The van der Waals surface area contributed by atoms with Gasteiger partial charge in [0.15, 0.2) is 0 Å². The van der Waals surface area contributed by atoms with Gasteiger partial charge >= 0.3 is 6.03 Å². The molecule has 2 atom stereocenters. The van der Waals surface area contributed by atoms with E-state index in [9.17, 15) is 4.79 Å². The zero-order chi connectivity index (χ0) is 13.1. The van der Waals surface area contributed by atoms with Crippen LogP contribution in [0.3, 0.4) is 0 Å². The van der Waals surface area contributed by atoms with Crippen molar-refractivity contribution in [3.8, 4) is 0 Å². The van der Waals surface area contributed by atoms with Crippen LogP contribution in [0.25, 0.3) is 0 Å². The van der Waals surface area contributed by atoms with Crippen molar-refractivity contribution in [1.82, 2.24) is 4.90 Å². The fourth-order valence-corrected chi connectivity index (χ4v) is 2.60. The second-order valence-corrected chi connectivity index (χ2v) is 4.90. The Kier molecular flexibility index (Phi) is 3.84. The highest BCUT2D eigenvalue weighted by atomic mass is 16.2. The molecule has 0 aromatic heterocycles. The van der Waals surface area contributed by atoms with Crippen molar-refractivity contribution >= 4 is 11.7 Å². The van der Waals surface area contributed by atoms with Crippen molar-refractivity contribution in [2.75, 3.05) is 25.5 Å². The third kappa shape index (κ3) is 2.80. The normalized spacial score (nSPS) is 24.1. The van der Waals surface area contributed by atoms with Gasteiger partial charge in [0.1, 0.15) is 0 Å². The number of carbonyl (C=O) groups excluding carboxylic acids is 1. The molecule has 2 unspecified atom stereocenters. The predicted molar refractivity (Wildman–Crippen MR) is 72.2 cm³/mol. The van der Waals surface area contributed by atoms with Crippen molar-refractivity contribution in [3.63, 3.8) is 0 Å². The summed E-state index contributed by atoms with van der Waals surface area (Å²) in [4.78, 5) is 13.1. The molecule has 2 rings (SSSR count). The monoisotopic (exact) mass is 248 g/mol. The highest BCUT2D eigenvalue weighted by Gasteiger charge is 2.29. The standard InChI is InChI=1S/C13H20N4O/c1-17-8-9(7-14)6-12(17)10-2-4-11(5-3-10)16-13(15)18/h2-5,9,12H,6-8,14H2,1H3,(H3,15,16,18). The van der Waals surface area contributed by atoms with Crippen LogP contribution in [0.2, 0.25) is 0 Å². The lowest BCUT2D eigenvalue weighted by atomic mass is 10.00. The van der Waals surface area contributed by atoms with Crippen LogP contribution in [-0.2, 0) is 0 Å². The molecule has 1 aromatic carbocycles. The first-order valence-electron chi connectivity index (χ1n) is 6.17. The summed E-state index contributed by atoms with van der Waals surface area (Å²) in [5.41, 5.74) is 12.8. The molecule has 1 aliphatic rings. The van der Waals surface area contributed by atoms with Crippen LogP contribution in [0.15, 0.2) is 24.3 Å². The number of hydrogen-bond acceptors (Lipinski definition) is 3. The molecule has 1 aliphatic heterocycles. The summed E-state index contributed by atoms with van der Waals surface area (Å²) >= 11 is 0. The van der Waals surface area contributed by atoms with Gasteiger partial charge in [-0.15, -0.1) is 0 Å². The maximum Gasteiger partial charge on any atom is 0.316 e. The molecule has 0 spiro atoms. The van der Waals surface area contributed by atoms with Gasteiger partial charge in [-0.05, 0) is 43.6 Å². The first kappa shape index (κ1) is 12.9. The van der Waals surface area contributed by atoms with E-state index < -0.39 is 6.03 Å². The number of hydrogen-bond donors (Lipinski definition) is 3. The summed E-state index contributed by atoms with van der Waals surface area (Å²) in [6, 6.07) is 7.70. The number of anilines is 1. The first-order valence-corrected chi connectivity index (χ1v) is 6.17. The van der Waals surface area contributed by atoms with Crippen molar-refractivity contribution in [2.24, 2.45) is 17.4 Å². The molecule has 0 bridgehead atoms. The number of rotatable bonds is 3. The molecule has 98 valence electrons. The summed E-state index contributed by atoms with van der Waals surface area (Å²) < 4.78 is 0. The average Bonchev–Trinajstić information content (AvgIpc) is 2.71. The molecular formula is C13H20N4O. The zero-order valence-corrected chi connectivity index (χ0v) is 10.6. The minimum absolute atomic E-state index is 0.418. The van der Waals surface area contributed by atoms with E-state index in [-0.39, 0.29) is 0 Å². The van der Waals surface area contributed by atoms with Crippen molar-refractivity contribution in [1.29, 1.82) is 0 Å². The minimum atomic E-state index is -0.538. The summed E-state index contributed by atoms with van der Waals surface area (Å²) in [6.07, 6.45) is 1.09. The Morgan fingerprint density at radius 3 is 2.61 bits per heavy atom. The fraction of sp³-hybridized carbons (Fsp3) is 0.462. The third-order valence-corrected chi connectivity index (χ3v) is 3.53. The number of likely N-dealkylation sites (tertiary alicyclic amines) is 1. The molecule has 5 heteroatoms. The van der Waals surface area contributed by atoms with Gasteiger partial charge in [0.2, 0.25) is 0 Å². The average molecular weight is 248 g/mol. The quantitative estimate of drug-likeness (QED) is 0.749. The van der Waals surface area contributed by atoms with E-state index in [1.54, 1.807) is 0 Å². The molecule has 2 amide bonds. The van der Waals surface area contributed by atoms with Crippen molar-refractivity contribution < 1.29 is 4.79 Å². The molecule has 0 aliphatic carbocycles. The summed E-state index contributed by atoms with van der Waals surface area (Å²) in [5, 5.41) is 2.56. The number of nitrogens with zero attached hydrogens (tertiary/aromatic N) is 1. The lowest BCUT2D eigenvalue weighted by Crippen LogP contribution is -2.21. The second kappa shape index (κ2) is 5.37. The lowest BCUT2D eigenvalue weighted by molar-refractivity contribution is 0.259. The van der Waals surface area contributed by atoms with Gasteiger partial charge in [-0.1, -0.05) is 12.1 Å². The number of amides is 2. The SMILES string of the molecule is CN1CC(CN)CC1c1ccc(NC(N)=O)cc1. The zero-order valence-electron chi connectivity index (χ0n) is 10.6. The van der Waals surface area contributed by atoms with Crippen LogP contribution in [0.1, 0.15) is 18.0 Å². The second-order valence-electron chi connectivity index (χ2n) is 4.90. The number of nitrogens with one attached hydrogen (secondary N) is 1. The summed E-state index contributed by atoms with van der Waals surface area (Å²) in [5.74, 6) is 0.573. The Hall–Kier alpha value is -1.59. The number of urea groups is 1. The number of nitrogens with two attached hydrogens (primary N) is 2. The Labute approximate surface area is 107 Å². The molecule has 0 saturated carbocycles. The molecule has 5 N–H and O–H groups in total. The van der Waals surface area contributed by atoms with Crippen LogP contribution in [0.5, 0.6) is 0 Å². The molecule has 18 heavy (non-hydrogen) atoms. The maximum absolute atomic E-state index is 10.7. The maximum atomic E-state index is 10.7. The van der Waals surface area contributed by atoms with Crippen LogP contribution in [-0.4, -0.2) is 31.1 Å². The van der Waals surface area contributed by atoms with Gasteiger partial charge in [0.05, 0.1) is 0 Å². The van der Waals surface area contributed by atoms with Crippen LogP contribution < -0.4 is 16.8 Å².